The van der Waals surface area contributed by atoms with Crippen molar-refractivity contribution in [1.82, 2.24) is 16.0 Å². The summed E-state index contributed by atoms with van der Waals surface area (Å²) < 4.78 is 0. The Labute approximate surface area is 285 Å². The van der Waals surface area contributed by atoms with Gasteiger partial charge in [-0.2, -0.15) is 4.99 Å². The summed E-state index contributed by atoms with van der Waals surface area (Å²) in [7, 11) is 0. The number of anilines is 1. The molecule has 2 atom stereocenters. The standard InChI is InChI=1S/C37H41N7O3S/c1-23-28(27-14-16-41-34(19-27)43-33(38)22-40-21-32-37(48-32)15-13-35(46)44-37)5-3-6-29(23)30-7-4-8-31(24(30)2)42-36(47)26-11-9-25(10-12-26)20-39-17-18-45/h3-12,14,16,19,32,39-40,45H,13,15,17-18,20-22H2,1-2H3,(H,42,47)(H,44,46)(H2,38,41,43)/p+1. The van der Waals surface area contributed by atoms with E-state index in [-0.39, 0.29) is 29.1 Å². The fraction of sp³-hybridized carbons (Fsp3) is 0.297. The van der Waals surface area contributed by atoms with Crippen LogP contribution in [0.3, 0.4) is 0 Å². The van der Waals surface area contributed by atoms with Gasteiger partial charge in [-0.25, -0.2) is 0 Å². The zero-order chi connectivity index (χ0) is 33.7. The molecule has 2 unspecified atom stereocenters. The SMILES string of the molecule is Cc1c(NC(=O)c2ccc(CNCCO)cc2)cccc1-c1cccc(C2=CC(=NC(=N)CNCC3SC34CCC(=O)N4)[NH2+]C=C2)c1C. The quantitative estimate of drug-likeness (QED) is 0.0681. The van der Waals surface area contributed by atoms with Gasteiger partial charge in [-0.1, -0.05) is 42.5 Å². The van der Waals surface area contributed by atoms with Gasteiger partial charge in [0.2, 0.25) is 11.7 Å². The van der Waals surface area contributed by atoms with Gasteiger partial charge in [-0.15, -0.1) is 11.8 Å². The van der Waals surface area contributed by atoms with Gasteiger partial charge in [0.15, 0.2) is 0 Å². The van der Waals surface area contributed by atoms with Crippen molar-refractivity contribution in [2.45, 2.75) is 43.4 Å². The smallest absolute Gasteiger partial charge is 0.255 e. The lowest BCUT2D eigenvalue weighted by atomic mass is 9.89. The van der Waals surface area contributed by atoms with Crippen LogP contribution in [0.1, 0.15) is 45.5 Å². The normalized spacial score (nSPS) is 20.6. The summed E-state index contributed by atoms with van der Waals surface area (Å²) in [5.41, 5.74) is 8.67. The zero-order valence-corrected chi connectivity index (χ0v) is 28.0. The van der Waals surface area contributed by atoms with Crippen LogP contribution in [0.25, 0.3) is 16.7 Å². The summed E-state index contributed by atoms with van der Waals surface area (Å²) in [6.45, 7) is 6.47. The van der Waals surface area contributed by atoms with E-state index in [0.29, 0.717) is 36.9 Å². The molecule has 0 aromatic heterocycles. The number of carbonyl (C=O) groups is 2. The molecule has 0 radical (unpaired) electrons. The number of aliphatic imine (C=N–C) groups is 1. The van der Waals surface area contributed by atoms with Gasteiger partial charge in [-0.05, 0) is 83.5 Å². The molecule has 3 aromatic carbocycles. The Morgan fingerprint density at radius 3 is 2.56 bits per heavy atom. The highest BCUT2D eigenvalue weighted by molar-refractivity contribution is 8.08. The Hall–Kier alpha value is -4.39. The van der Waals surface area contributed by atoms with Crippen LogP contribution < -0.4 is 26.6 Å². The fourth-order valence-corrected chi connectivity index (χ4v) is 7.55. The average molecular weight is 665 g/mol. The van der Waals surface area contributed by atoms with E-state index in [0.717, 1.165) is 63.4 Å². The molecule has 2 saturated heterocycles. The minimum absolute atomic E-state index is 0.0858. The highest BCUT2D eigenvalue weighted by Crippen LogP contribution is 2.56. The number of aliphatic hydroxyl groups excluding tert-OH is 1. The number of aliphatic hydroxyl groups is 1. The molecule has 48 heavy (non-hydrogen) atoms. The second-order valence-corrected chi connectivity index (χ2v) is 13.8. The van der Waals surface area contributed by atoms with Crippen LogP contribution in [0, 0.1) is 19.3 Å². The number of quaternary nitrogens is 1. The molecular weight excluding hydrogens is 623 g/mol. The van der Waals surface area contributed by atoms with Crippen molar-refractivity contribution in [3.63, 3.8) is 0 Å². The van der Waals surface area contributed by atoms with E-state index in [1.165, 1.54) is 0 Å². The first kappa shape index (κ1) is 33.5. The molecule has 0 aliphatic carbocycles. The molecule has 3 aliphatic heterocycles. The molecule has 1 spiro atoms. The average Bonchev–Trinajstić information content (AvgIpc) is 3.61. The van der Waals surface area contributed by atoms with E-state index in [1.807, 2.05) is 67.0 Å². The Bertz CT molecular complexity index is 1820. The minimum atomic E-state index is -0.172. The van der Waals surface area contributed by atoms with Gasteiger partial charge < -0.3 is 26.4 Å². The first-order chi connectivity index (χ1) is 23.3. The second kappa shape index (κ2) is 14.8. The monoisotopic (exact) mass is 664 g/mol. The molecular formula is C37H42N7O3S+. The zero-order valence-electron chi connectivity index (χ0n) is 27.2. The number of rotatable bonds is 12. The van der Waals surface area contributed by atoms with E-state index in [2.05, 4.69) is 57.5 Å². The van der Waals surface area contributed by atoms with Crippen molar-refractivity contribution in [1.29, 1.82) is 5.41 Å². The van der Waals surface area contributed by atoms with Gasteiger partial charge in [0.05, 0.1) is 29.5 Å². The predicted molar refractivity (Wildman–Crippen MR) is 193 cm³/mol. The van der Waals surface area contributed by atoms with Crippen molar-refractivity contribution in [3.8, 4) is 11.1 Å². The fourth-order valence-electron chi connectivity index (χ4n) is 6.26. The largest absolute Gasteiger partial charge is 0.395 e. The summed E-state index contributed by atoms with van der Waals surface area (Å²) in [5, 5.41) is 32.3. The molecule has 3 aliphatic rings. The van der Waals surface area contributed by atoms with Crippen LogP contribution >= 0.6 is 11.8 Å². The van der Waals surface area contributed by atoms with E-state index in [9.17, 15) is 9.59 Å². The lowest BCUT2D eigenvalue weighted by molar-refractivity contribution is -0.460. The maximum atomic E-state index is 13.2. The number of amides is 2. The number of hydrogen-bond donors (Lipinski definition) is 7. The Kier molecular flexibility index (Phi) is 10.3. The molecule has 0 bridgehead atoms. The molecule has 11 heteroatoms. The van der Waals surface area contributed by atoms with Crippen LogP contribution in [-0.2, 0) is 11.3 Å². The van der Waals surface area contributed by atoms with E-state index >= 15 is 0 Å². The Morgan fingerprint density at radius 1 is 1.06 bits per heavy atom. The number of nitrogens with one attached hydrogen (secondary N) is 5. The first-order valence-electron chi connectivity index (χ1n) is 16.3. The number of amidine groups is 2. The molecule has 6 rings (SSSR count). The van der Waals surface area contributed by atoms with E-state index < -0.39 is 0 Å². The lowest BCUT2D eigenvalue weighted by Crippen LogP contribution is -2.82. The van der Waals surface area contributed by atoms with E-state index in [4.69, 9.17) is 10.5 Å². The number of nitrogens with two attached hydrogens (primary N) is 1. The summed E-state index contributed by atoms with van der Waals surface area (Å²) in [4.78, 5) is 29.2. The molecule has 3 heterocycles. The number of thioether (sulfide) groups is 1. The van der Waals surface area contributed by atoms with Gasteiger partial charge in [0.1, 0.15) is 5.84 Å². The van der Waals surface area contributed by atoms with Crippen molar-refractivity contribution in [2.24, 2.45) is 4.99 Å². The molecule has 2 amide bonds. The summed E-state index contributed by atoms with van der Waals surface area (Å²) >= 11 is 1.79. The Morgan fingerprint density at radius 2 is 1.81 bits per heavy atom. The molecule has 0 saturated carbocycles. The van der Waals surface area contributed by atoms with Gasteiger partial charge in [0.25, 0.3) is 5.91 Å². The topological polar surface area (TPSA) is 155 Å². The summed E-state index contributed by atoms with van der Waals surface area (Å²) in [6.07, 6.45) is 7.51. The van der Waals surface area contributed by atoms with Crippen LogP contribution in [0.15, 0.2) is 84.0 Å². The van der Waals surface area contributed by atoms with Crippen LogP contribution in [-0.4, -0.2) is 65.0 Å². The maximum Gasteiger partial charge on any atom is 0.255 e. The van der Waals surface area contributed by atoms with Gasteiger partial charge >= 0.3 is 0 Å². The van der Waals surface area contributed by atoms with Gasteiger partial charge in [-0.3, -0.25) is 20.3 Å². The number of benzene rings is 3. The third-order valence-electron chi connectivity index (χ3n) is 8.97. The third kappa shape index (κ3) is 7.67. The molecule has 2 fully saturated rings. The van der Waals surface area contributed by atoms with Crippen LogP contribution in [0.5, 0.6) is 0 Å². The number of hydrogen-bond acceptors (Lipinski definition) is 7. The van der Waals surface area contributed by atoms with Crippen molar-refractivity contribution in [3.05, 3.63) is 107 Å². The molecule has 10 nitrogen and oxygen atoms in total. The highest BCUT2D eigenvalue weighted by Gasteiger charge is 2.58. The minimum Gasteiger partial charge on any atom is -0.395 e. The van der Waals surface area contributed by atoms with E-state index in [1.54, 1.807) is 11.8 Å². The third-order valence-corrected chi connectivity index (χ3v) is 10.6. The first-order valence-corrected chi connectivity index (χ1v) is 17.1. The summed E-state index contributed by atoms with van der Waals surface area (Å²) in [5.74, 6) is 0.937. The van der Waals surface area contributed by atoms with Crippen LogP contribution in [0.2, 0.25) is 0 Å². The lowest BCUT2D eigenvalue weighted by Gasteiger charge is -2.17. The van der Waals surface area contributed by atoms with Gasteiger partial charge in [0, 0.05) is 43.4 Å². The van der Waals surface area contributed by atoms with Crippen molar-refractivity contribution >= 4 is 46.5 Å². The molecule has 8 N–H and O–H groups in total. The molecule has 248 valence electrons. The molecule has 3 aromatic rings. The maximum absolute atomic E-state index is 13.2. The Balaban J connectivity index is 1.12. The van der Waals surface area contributed by atoms with Crippen molar-refractivity contribution < 1.29 is 20.0 Å². The highest BCUT2D eigenvalue weighted by atomic mass is 32.2. The van der Waals surface area contributed by atoms with Crippen molar-refractivity contribution in [2.75, 3.05) is 31.6 Å². The number of carbonyl (C=O) groups excluding carboxylic acids is 2. The predicted octanol–water partition coefficient (Wildman–Crippen LogP) is 3.47. The second-order valence-electron chi connectivity index (χ2n) is 12.3. The number of nitrogens with zero attached hydrogens (tertiary/aromatic N) is 1. The number of allylic oxidation sites excluding steroid dienone is 2. The van der Waals surface area contributed by atoms with Crippen LogP contribution in [0.4, 0.5) is 5.69 Å². The summed E-state index contributed by atoms with van der Waals surface area (Å²) in [6, 6.07) is 19.7.